The smallest absolute Gasteiger partial charge is 0.336 e. The van der Waals surface area contributed by atoms with Crippen LogP contribution in [0.5, 0.6) is 5.75 Å². The molecule has 2 amide bonds. The van der Waals surface area contributed by atoms with Crippen molar-refractivity contribution in [2.24, 2.45) is 0 Å². The zero-order chi connectivity index (χ0) is 20.1. The third-order valence-electron chi connectivity index (χ3n) is 4.34. The van der Waals surface area contributed by atoms with Gasteiger partial charge in [-0.05, 0) is 24.1 Å². The van der Waals surface area contributed by atoms with Gasteiger partial charge in [0.15, 0.2) is 0 Å². The van der Waals surface area contributed by atoms with Crippen LogP contribution in [-0.2, 0) is 25.5 Å². The average molecular weight is 388 g/mol. The van der Waals surface area contributed by atoms with Gasteiger partial charge in [0.05, 0.1) is 13.0 Å². The summed E-state index contributed by atoms with van der Waals surface area (Å²) in [4.78, 5) is 46.9. The van der Waals surface area contributed by atoms with Gasteiger partial charge in [-0.1, -0.05) is 0 Å². The van der Waals surface area contributed by atoms with E-state index in [1.54, 1.807) is 6.07 Å². The van der Waals surface area contributed by atoms with Crippen molar-refractivity contribution in [1.82, 2.24) is 10.6 Å². The van der Waals surface area contributed by atoms with E-state index < -0.39 is 17.6 Å². The van der Waals surface area contributed by atoms with Crippen LogP contribution in [0.2, 0.25) is 0 Å². The molecule has 1 fully saturated rings. The number of carbonyl (C=O) groups is 3. The van der Waals surface area contributed by atoms with Crippen LogP contribution in [0, 0.1) is 0 Å². The SMILES string of the molecule is O=C(Cc1cc(=O)oc2cc(O)ccc12)NCCCC(=O)N[C@H]1CCOC1=O. The number of ether oxygens (including phenoxy) is 1. The maximum Gasteiger partial charge on any atom is 0.336 e. The fourth-order valence-corrected chi connectivity index (χ4v) is 2.97. The normalized spacial score (nSPS) is 16.0. The van der Waals surface area contributed by atoms with Crippen LogP contribution < -0.4 is 16.3 Å². The number of amides is 2. The lowest BCUT2D eigenvalue weighted by Gasteiger charge is -2.09. The Morgan fingerprint density at radius 3 is 2.75 bits per heavy atom. The molecule has 0 unspecified atom stereocenters. The predicted octanol–water partition coefficient (Wildman–Crippen LogP) is 0.369. The number of phenols is 1. The van der Waals surface area contributed by atoms with Crippen LogP contribution in [0.3, 0.4) is 0 Å². The lowest BCUT2D eigenvalue weighted by Crippen LogP contribution is -2.38. The van der Waals surface area contributed by atoms with E-state index in [2.05, 4.69) is 10.6 Å². The first-order valence-corrected chi connectivity index (χ1v) is 8.91. The number of cyclic esters (lactones) is 1. The molecule has 0 bridgehead atoms. The summed E-state index contributed by atoms with van der Waals surface area (Å²) in [6.45, 7) is 0.591. The van der Waals surface area contributed by atoms with Gasteiger partial charge in [-0.2, -0.15) is 0 Å². The Morgan fingerprint density at radius 1 is 1.18 bits per heavy atom. The van der Waals surface area contributed by atoms with Crippen molar-refractivity contribution in [3.8, 4) is 5.75 Å². The van der Waals surface area contributed by atoms with Crippen LogP contribution >= 0.6 is 0 Å². The van der Waals surface area contributed by atoms with Crippen LogP contribution in [0.1, 0.15) is 24.8 Å². The van der Waals surface area contributed by atoms with Gasteiger partial charge in [0.25, 0.3) is 0 Å². The first-order chi connectivity index (χ1) is 13.4. The molecule has 0 spiro atoms. The van der Waals surface area contributed by atoms with Crippen molar-refractivity contribution in [2.75, 3.05) is 13.2 Å². The lowest BCUT2D eigenvalue weighted by atomic mass is 10.1. The molecule has 28 heavy (non-hydrogen) atoms. The quantitative estimate of drug-likeness (QED) is 0.354. The van der Waals surface area contributed by atoms with Crippen molar-refractivity contribution >= 4 is 28.8 Å². The third kappa shape index (κ3) is 4.87. The Kier molecular flexibility index (Phi) is 5.93. The summed E-state index contributed by atoms with van der Waals surface area (Å²) in [6, 6.07) is 5.00. The highest BCUT2D eigenvalue weighted by atomic mass is 16.5. The van der Waals surface area contributed by atoms with Crippen LogP contribution in [0.25, 0.3) is 11.0 Å². The molecular weight excluding hydrogens is 368 g/mol. The Labute approximate surface area is 159 Å². The highest BCUT2D eigenvalue weighted by Gasteiger charge is 2.27. The van der Waals surface area contributed by atoms with E-state index in [0.717, 1.165) is 0 Å². The van der Waals surface area contributed by atoms with Crippen molar-refractivity contribution < 1.29 is 28.6 Å². The van der Waals surface area contributed by atoms with Crippen molar-refractivity contribution in [1.29, 1.82) is 0 Å². The number of fused-ring (bicyclic) bond motifs is 1. The van der Waals surface area contributed by atoms with E-state index in [4.69, 9.17) is 9.15 Å². The molecule has 2 aromatic rings. The van der Waals surface area contributed by atoms with Crippen molar-refractivity contribution in [2.45, 2.75) is 31.7 Å². The molecule has 1 aliphatic heterocycles. The standard InChI is InChI=1S/C19H20N2O7/c22-12-3-4-13-11(9-18(25)28-15(13)10-12)8-17(24)20-6-1-2-16(23)21-14-5-7-27-19(14)26/h3-4,9-10,14,22H,1-2,5-8H2,(H,20,24)(H,21,23)/t14-/m0/s1. The Hall–Kier alpha value is -3.36. The molecule has 1 atom stereocenters. The molecule has 0 saturated carbocycles. The molecule has 1 aromatic carbocycles. The van der Waals surface area contributed by atoms with E-state index in [1.165, 1.54) is 18.2 Å². The summed E-state index contributed by atoms with van der Waals surface area (Å²) < 4.78 is 9.80. The van der Waals surface area contributed by atoms with E-state index in [9.17, 15) is 24.3 Å². The first kappa shape index (κ1) is 19.4. The minimum atomic E-state index is -0.608. The number of esters is 1. The minimum Gasteiger partial charge on any atom is -0.508 e. The minimum absolute atomic E-state index is 0.0347. The Bertz CT molecular complexity index is 966. The van der Waals surface area contributed by atoms with Gasteiger partial charge in [-0.25, -0.2) is 9.59 Å². The predicted molar refractivity (Wildman–Crippen MR) is 97.6 cm³/mol. The summed E-state index contributed by atoms with van der Waals surface area (Å²) in [7, 11) is 0. The monoisotopic (exact) mass is 388 g/mol. The zero-order valence-electron chi connectivity index (χ0n) is 15.0. The topological polar surface area (TPSA) is 135 Å². The molecule has 1 aliphatic rings. The van der Waals surface area contributed by atoms with E-state index >= 15 is 0 Å². The molecule has 148 valence electrons. The van der Waals surface area contributed by atoms with Gasteiger partial charge in [0.2, 0.25) is 11.8 Å². The van der Waals surface area contributed by atoms with Gasteiger partial charge in [0.1, 0.15) is 17.4 Å². The summed E-state index contributed by atoms with van der Waals surface area (Å²) >= 11 is 0. The molecule has 0 aliphatic carbocycles. The van der Waals surface area contributed by atoms with Crippen molar-refractivity contribution in [3.05, 3.63) is 40.2 Å². The van der Waals surface area contributed by atoms with E-state index in [-0.39, 0.29) is 42.5 Å². The number of aromatic hydroxyl groups is 1. The molecule has 9 nitrogen and oxygen atoms in total. The second-order valence-corrected chi connectivity index (χ2v) is 6.48. The van der Waals surface area contributed by atoms with Crippen LogP contribution in [-0.4, -0.2) is 42.1 Å². The molecule has 3 N–H and O–H groups in total. The maximum absolute atomic E-state index is 12.1. The Balaban J connectivity index is 1.47. The first-order valence-electron chi connectivity index (χ1n) is 8.91. The molecule has 1 saturated heterocycles. The van der Waals surface area contributed by atoms with Crippen molar-refractivity contribution in [3.63, 3.8) is 0 Å². The van der Waals surface area contributed by atoms with Gasteiger partial charge in [-0.15, -0.1) is 0 Å². The van der Waals surface area contributed by atoms with E-state index in [1.807, 2.05) is 0 Å². The van der Waals surface area contributed by atoms with Gasteiger partial charge >= 0.3 is 11.6 Å². The summed E-state index contributed by atoms with van der Waals surface area (Å²) in [6.07, 6.45) is 1.01. The second kappa shape index (κ2) is 8.55. The third-order valence-corrected chi connectivity index (χ3v) is 4.34. The number of benzene rings is 1. The number of nitrogens with one attached hydrogen (secondary N) is 2. The van der Waals surface area contributed by atoms with Gasteiger partial charge < -0.3 is 24.9 Å². The maximum atomic E-state index is 12.1. The molecule has 9 heteroatoms. The fraction of sp³-hybridized carbons (Fsp3) is 0.368. The molecular formula is C19H20N2O7. The Morgan fingerprint density at radius 2 is 2.00 bits per heavy atom. The molecule has 1 aromatic heterocycles. The highest BCUT2D eigenvalue weighted by molar-refractivity contribution is 5.88. The summed E-state index contributed by atoms with van der Waals surface area (Å²) in [5.74, 6) is -1.04. The zero-order valence-corrected chi connectivity index (χ0v) is 15.0. The number of rotatable bonds is 7. The van der Waals surface area contributed by atoms with E-state index in [0.29, 0.717) is 30.4 Å². The highest BCUT2D eigenvalue weighted by Crippen LogP contribution is 2.22. The lowest BCUT2D eigenvalue weighted by molar-refractivity contribution is -0.141. The van der Waals surface area contributed by atoms with Gasteiger partial charge in [0, 0.05) is 36.9 Å². The summed E-state index contributed by atoms with van der Waals surface area (Å²) in [5.41, 5.74) is 0.0849. The molecule has 2 heterocycles. The number of hydrogen-bond acceptors (Lipinski definition) is 7. The number of phenolic OH excluding ortho intramolecular Hbond substituents is 1. The van der Waals surface area contributed by atoms with Crippen LogP contribution in [0.15, 0.2) is 33.5 Å². The van der Waals surface area contributed by atoms with Crippen LogP contribution in [0.4, 0.5) is 0 Å². The molecule has 0 radical (unpaired) electrons. The fourth-order valence-electron chi connectivity index (χ4n) is 2.97. The largest absolute Gasteiger partial charge is 0.508 e. The average Bonchev–Trinajstić information content (AvgIpc) is 3.03. The number of carbonyl (C=O) groups excluding carboxylic acids is 3. The number of hydrogen-bond donors (Lipinski definition) is 3. The summed E-state index contributed by atoms with van der Waals surface area (Å²) in [5, 5.41) is 15.3. The molecule has 3 rings (SSSR count). The van der Waals surface area contributed by atoms with Gasteiger partial charge in [-0.3, -0.25) is 9.59 Å². The second-order valence-electron chi connectivity index (χ2n) is 6.48.